The van der Waals surface area contributed by atoms with E-state index in [4.69, 9.17) is 9.47 Å². The first-order valence-corrected chi connectivity index (χ1v) is 5.76. The van der Waals surface area contributed by atoms with Gasteiger partial charge in [-0.25, -0.2) is 0 Å². The molecule has 0 rings (SSSR count). The molecule has 0 saturated heterocycles. The van der Waals surface area contributed by atoms with Gasteiger partial charge in [0.15, 0.2) is 0 Å². The summed E-state index contributed by atoms with van der Waals surface area (Å²) in [4.78, 5) is 23.0. The zero-order valence-corrected chi connectivity index (χ0v) is 10.8. The summed E-state index contributed by atoms with van der Waals surface area (Å²) in [6.45, 7) is 9.00. The van der Waals surface area contributed by atoms with Crippen molar-refractivity contribution in [1.29, 1.82) is 0 Å². The second-order valence-electron chi connectivity index (χ2n) is 4.33. The monoisotopic (exact) mass is 230 g/mol. The van der Waals surface area contributed by atoms with Crippen LogP contribution in [0.15, 0.2) is 0 Å². The Morgan fingerprint density at radius 1 is 1.00 bits per heavy atom. The predicted octanol–water partition coefficient (Wildman–Crippen LogP) is 2.31. The minimum Gasteiger partial charge on any atom is -0.463 e. The number of hydrogen-bond donors (Lipinski definition) is 0. The van der Waals surface area contributed by atoms with Crippen LogP contribution in [0.3, 0.4) is 0 Å². The van der Waals surface area contributed by atoms with Crippen molar-refractivity contribution in [2.75, 3.05) is 0 Å². The summed E-state index contributed by atoms with van der Waals surface area (Å²) in [5.74, 6) is -1.06. The van der Waals surface area contributed by atoms with Gasteiger partial charge in [0, 0.05) is 0 Å². The molecule has 0 radical (unpaired) electrons. The number of rotatable bonds is 6. The number of carbonyl (C=O) groups is 2. The van der Waals surface area contributed by atoms with Crippen LogP contribution >= 0.6 is 0 Å². The lowest BCUT2D eigenvalue weighted by atomic mass is 10.0. The number of ether oxygens (including phenoxy) is 2. The molecular weight excluding hydrogens is 208 g/mol. The lowest BCUT2D eigenvalue weighted by Gasteiger charge is -2.16. The normalized spacial score (nSPS) is 12.7. The van der Waals surface area contributed by atoms with E-state index in [1.807, 2.05) is 6.92 Å². The summed E-state index contributed by atoms with van der Waals surface area (Å²) in [6, 6.07) is 0. The van der Waals surface area contributed by atoms with Crippen LogP contribution in [0.1, 0.15) is 47.5 Å². The van der Waals surface area contributed by atoms with Gasteiger partial charge in [0.2, 0.25) is 0 Å². The van der Waals surface area contributed by atoms with Gasteiger partial charge < -0.3 is 9.47 Å². The maximum atomic E-state index is 11.6. The van der Waals surface area contributed by atoms with E-state index in [1.165, 1.54) is 0 Å². The molecule has 0 N–H and O–H groups in total. The molecule has 0 aliphatic carbocycles. The minimum absolute atomic E-state index is 0.0975. The maximum absolute atomic E-state index is 11.6. The van der Waals surface area contributed by atoms with E-state index in [0.717, 1.165) is 0 Å². The average molecular weight is 230 g/mol. The molecule has 94 valence electrons. The lowest BCUT2D eigenvalue weighted by Crippen LogP contribution is -2.25. The highest BCUT2D eigenvalue weighted by Gasteiger charge is 2.23. The molecule has 0 spiro atoms. The first kappa shape index (κ1) is 14.9. The molecule has 0 fully saturated rings. The molecule has 0 aromatic heterocycles. The summed E-state index contributed by atoms with van der Waals surface area (Å²) in [6.07, 6.45) is 0.382. The van der Waals surface area contributed by atoms with Gasteiger partial charge in [0.1, 0.15) is 0 Å². The van der Waals surface area contributed by atoms with E-state index >= 15 is 0 Å². The third kappa shape index (κ3) is 6.43. The van der Waals surface area contributed by atoms with Crippen molar-refractivity contribution < 1.29 is 19.1 Å². The zero-order valence-electron chi connectivity index (χ0n) is 10.8. The molecule has 16 heavy (non-hydrogen) atoms. The standard InChI is InChI=1S/C12H22O4/c1-6-10(12(14)16-9(4)5)7-11(13)15-8(2)3/h8-10H,6-7H2,1-5H3. The van der Waals surface area contributed by atoms with Gasteiger partial charge >= 0.3 is 11.9 Å². The van der Waals surface area contributed by atoms with Gasteiger partial charge in [0.05, 0.1) is 24.5 Å². The van der Waals surface area contributed by atoms with Gasteiger partial charge in [0.25, 0.3) is 0 Å². The molecule has 0 saturated carbocycles. The number of esters is 2. The Bertz CT molecular complexity index is 233. The Morgan fingerprint density at radius 2 is 1.50 bits per heavy atom. The minimum atomic E-state index is -0.395. The second kappa shape index (κ2) is 7.25. The van der Waals surface area contributed by atoms with Crippen LogP contribution in [0.5, 0.6) is 0 Å². The molecule has 4 nitrogen and oxygen atoms in total. The Labute approximate surface area is 97.3 Å². The van der Waals surface area contributed by atoms with Crippen LogP contribution in [0.25, 0.3) is 0 Å². The fraction of sp³-hybridized carbons (Fsp3) is 0.833. The van der Waals surface area contributed by atoms with E-state index in [0.29, 0.717) is 6.42 Å². The van der Waals surface area contributed by atoms with Gasteiger partial charge in [-0.15, -0.1) is 0 Å². The van der Waals surface area contributed by atoms with Crippen LogP contribution in [0.4, 0.5) is 0 Å². The molecule has 0 aromatic carbocycles. The molecule has 0 aromatic rings. The summed E-state index contributed by atoms with van der Waals surface area (Å²) in [5, 5.41) is 0. The molecule has 4 heteroatoms. The average Bonchev–Trinajstić information content (AvgIpc) is 2.11. The van der Waals surface area contributed by atoms with E-state index in [-0.39, 0.29) is 30.6 Å². The van der Waals surface area contributed by atoms with E-state index < -0.39 is 5.92 Å². The number of hydrogen-bond acceptors (Lipinski definition) is 4. The molecule has 1 unspecified atom stereocenters. The Kier molecular flexibility index (Phi) is 6.77. The van der Waals surface area contributed by atoms with Crippen LogP contribution in [-0.2, 0) is 19.1 Å². The van der Waals surface area contributed by atoms with Gasteiger partial charge in [-0.3, -0.25) is 9.59 Å². The topological polar surface area (TPSA) is 52.6 Å². The molecule has 0 amide bonds. The van der Waals surface area contributed by atoms with E-state index in [1.54, 1.807) is 27.7 Å². The predicted molar refractivity (Wildman–Crippen MR) is 60.9 cm³/mol. The van der Waals surface area contributed by atoms with Gasteiger partial charge in [-0.05, 0) is 34.1 Å². The van der Waals surface area contributed by atoms with Crippen molar-refractivity contribution >= 4 is 11.9 Å². The van der Waals surface area contributed by atoms with Crippen molar-refractivity contribution in [2.24, 2.45) is 5.92 Å². The van der Waals surface area contributed by atoms with Crippen LogP contribution in [0.2, 0.25) is 0 Å². The van der Waals surface area contributed by atoms with Crippen LogP contribution in [-0.4, -0.2) is 24.1 Å². The summed E-state index contributed by atoms with van der Waals surface area (Å²) in [5.41, 5.74) is 0. The highest BCUT2D eigenvalue weighted by Crippen LogP contribution is 2.13. The van der Waals surface area contributed by atoms with E-state index in [2.05, 4.69) is 0 Å². The van der Waals surface area contributed by atoms with Crippen LogP contribution in [0, 0.1) is 5.92 Å². The fourth-order valence-corrected chi connectivity index (χ4v) is 1.24. The third-order valence-electron chi connectivity index (χ3n) is 1.96. The van der Waals surface area contributed by atoms with Gasteiger partial charge in [-0.2, -0.15) is 0 Å². The number of carbonyl (C=O) groups excluding carboxylic acids is 2. The Hall–Kier alpha value is -1.06. The molecule has 1 atom stereocenters. The van der Waals surface area contributed by atoms with Crippen LogP contribution < -0.4 is 0 Å². The van der Waals surface area contributed by atoms with Crippen molar-refractivity contribution in [3.63, 3.8) is 0 Å². The maximum Gasteiger partial charge on any atom is 0.309 e. The molecule has 0 heterocycles. The van der Waals surface area contributed by atoms with Crippen molar-refractivity contribution in [2.45, 2.75) is 59.7 Å². The lowest BCUT2D eigenvalue weighted by molar-refractivity contribution is -0.159. The highest BCUT2D eigenvalue weighted by atomic mass is 16.5. The first-order valence-electron chi connectivity index (χ1n) is 5.76. The molecular formula is C12H22O4. The van der Waals surface area contributed by atoms with Crippen molar-refractivity contribution in [3.05, 3.63) is 0 Å². The van der Waals surface area contributed by atoms with Gasteiger partial charge in [-0.1, -0.05) is 6.92 Å². The SMILES string of the molecule is CCC(CC(=O)OC(C)C)C(=O)OC(C)C. The van der Waals surface area contributed by atoms with Crippen molar-refractivity contribution in [3.8, 4) is 0 Å². The second-order valence-corrected chi connectivity index (χ2v) is 4.33. The fourth-order valence-electron chi connectivity index (χ4n) is 1.24. The molecule has 0 bridgehead atoms. The van der Waals surface area contributed by atoms with Crippen molar-refractivity contribution in [1.82, 2.24) is 0 Å². The summed E-state index contributed by atoms with van der Waals surface area (Å²) < 4.78 is 10.1. The molecule has 0 aliphatic heterocycles. The summed E-state index contributed by atoms with van der Waals surface area (Å²) in [7, 11) is 0. The quantitative estimate of drug-likeness (QED) is 0.657. The smallest absolute Gasteiger partial charge is 0.309 e. The first-order chi connectivity index (χ1) is 7.36. The Morgan fingerprint density at radius 3 is 1.88 bits per heavy atom. The largest absolute Gasteiger partial charge is 0.463 e. The third-order valence-corrected chi connectivity index (χ3v) is 1.96. The zero-order chi connectivity index (χ0) is 12.7. The Balaban J connectivity index is 4.18. The van der Waals surface area contributed by atoms with E-state index in [9.17, 15) is 9.59 Å². The molecule has 0 aliphatic rings. The highest BCUT2D eigenvalue weighted by molar-refractivity contribution is 5.80. The summed E-state index contributed by atoms with van der Waals surface area (Å²) >= 11 is 0.